The first-order valence-corrected chi connectivity index (χ1v) is 5.82. The molecule has 2 aromatic carbocycles. The van der Waals surface area contributed by atoms with Crippen LogP contribution in [0.1, 0.15) is 22.0 Å². The summed E-state index contributed by atoms with van der Waals surface area (Å²) in [5, 5.41) is 11.5. The number of benzene rings is 2. The fourth-order valence-corrected chi connectivity index (χ4v) is 1.70. The van der Waals surface area contributed by atoms with E-state index in [0.717, 1.165) is 6.07 Å². The largest absolute Gasteiger partial charge is 0.332 e. The standard InChI is InChI=1S/C15H10F2N2O/c16-11-7-5-10(6-8-11)14(9-18)19-15(20)12-3-1-2-4-13(12)17/h1-8,14H,(H,19,20)/t14-/m0/s1. The van der Waals surface area contributed by atoms with Crippen LogP contribution < -0.4 is 5.32 Å². The number of nitriles is 1. The first-order chi connectivity index (χ1) is 9.61. The molecule has 0 bridgehead atoms. The van der Waals surface area contributed by atoms with Gasteiger partial charge in [0.25, 0.3) is 5.91 Å². The molecular formula is C15H10F2N2O. The van der Waals surface area contributed by atoms with E-state index in [2.05, 4.69) is 5.32 Å². The zero-order chi connectivity index (χ0) is 14.5. The second-order valence-corrected chi connectivity index (χ2v) is 4.07. The predicted molar refractivity (Wildman–Crippen MR) is 68.6 cm³/mol. The van der Waals surface area contributed by atoms with Crippen LogP contribution in [0.3, 0.4) is 0 Å². The Labute approximate surface area is 114 Å². The molecule has 100 valence electrons. The fourth-order valence-electron chi connectivity index (χ4n) is 1.70. The smallest absolute Gasteiger partial charge is 0.255 e. The van der Waals surface area contributed by atoms with Crippen molar-refractivity contribution < 1.29 is 13.6 Å². The summed E-state index contributed by atoms with van der Waals surface area (Å²) in [6.07, 6.45) is 0. The molecule has 5 heteroatoms. The molecule has 20 heavy (non-hydrogen) atoms. The minimum Gasteiger partial charge on any atom is -0.332 e. The van der Waals surface area contributed by atoms with E-state index in [0.29, 0.717) is 5.56 Å². The van der Waals surface area contributed by atoms with Crippen LogP contribution in [0.2, 0.25) is 0 Å². The van der Waals surface area contributed by atoms with Crippen molar-refractivity contribution >= 4 is 5.91 Å². The molecule has 0 saturated heterocycles. The van der Waals surface area contributed by atoms with Crippen LogP contribution >= 0.6 is 0 Å². The average molecular weight is 272 g/mol. The van der Waals surface area contributed by atoms with Gasteiger partial charge in [0.2, 0.25) is 0 Å². The summed E-state index contributed by atoms with van der Waals surface area (Å²) >= 11 is 0. The Hall–Kier alpha value is -2.74. The third-order valence-corrected chi connectivity index (χ3v) is 2.73. The Morgan fingerprint density at radius 2 is 1.75 bits per heavy atom. The summed E-state index contributed by atoms with van der Waals surface area (Å²) in [6, 6.07) is 11.6. The molecule has 0 aliphatic carbocycles. The van der Waals surface area contributed by atoms with Gasteiger partial charge in [-0.2, -0.15) is 5.26 Å². The highest BCUT2D eigenvalue weighted by Gasteiger charge is 2.17. The van der Waals surface area contributed by atoms with Gasteiger partial charge in [-0.3, -0.25) is 4.79 Å². The molecule has 0 unspecified atom stereocenters. The van der Waals surface area contributed by atoms with Crippen molar-refractivity contribution in [1.29, 1.82) is 5.26 Å². The van der Waals surface area contributed by atoms with Crippen LogP contribution in [0.25, 0.3) is 0 Å². The maximum Gasteiger partial charge on any atom is 0.255 e. The van der Waals surface area contributed by atoms with Gasteiger partial charge in [0, 0.05) is 0 Å². The lowest BCUT2D eigenvalue weighted by Gasteiger charge is -2.12. The molecule has 0 aliphatic heterocycles. The van der Waals surface area contributed by atoms with Crippen molar-refractivity contribution in [2.75, 3.05) is 0 Å². The van der Waals surface area contributed by atoms with E-state index in [1.54, 1.807) is 0 Å². The first kappa shape index (κ1) is 13.7. The lowest BCUT2D eigenvalue weighted by molar-refractivity contribution is 0.0941. The van der Waals surface area contributed by atoms with Gasteiger partial charge in [0.05, 0.1) is 11.6 Å². The zero-order valence-corrected chi connectivity index (χ0v) is 10.3. The highest BCUT2D eigenvalue weighted by Crippen LogP contribution is 2.14. The van der Waals surface area contributed by atoms with E-state index in [4.69, 9.17) is 5.26 Å². The van der Waals surface area contributed by atoms with Gasteiger partial charge in [-0.25, -0.2) is 8.78 Å². The summed E-state index contributed by atoms with van der Waals surface area (Å²) in [5.74, 6) is -1.80. The van der Waals surface area contributed by atoms with Crippen molar-refractivity contribution in [2.24, 2.45) is 0 Å². The van der Waals surface area contributed by atoms with E-state index in [9.17, 15) is 13.6 Å². The van der Waals surface area contributed by atoms with E-state index in [1.165, 1.54) is 42.5 Å². The zero-order valence-electron chi connectivity index (χ0n) is 10.3. The summed E-state index contributed by atoms with van der Waals surface area (Å²) in [4.78, 5) is 11.9. The van der Waals surface area contributed by atoms with Gasteiger partial charge in [0.15, 0.2) is 0 Å². The maximum atomic E-state index is 13.5. The highest BCUT2D eigenvalue weighted by molar-refractivity contribution is 5.94. The Morgan fingerprint density at radius 1 is 1.10 bits per heavy atom. The second-order valence-electron chi connectivity index (χ2n) is 4.07. The molecule has 1 atom stereocenters. The normalized spacial score (nSPS) is 11.4. The van der Waals surface area contributed by atoms with Gasteiger partial charge in [0.1, 0.15) is 17.7 Å². The van der Waals surface area contributed by atoms with Crippen LogP contribution in [0.4, 0.5) is 8.78 Å². The van der Waals surface area contributed by atoms with E-state index >= 15 is 0 Å². The molecule has 0 saturated carbocycles. The molecule has 0 fully saturated rings. The minimum atomic E-state index is -0.970. The van der Waals surface area contributed by atoms with E-state index in [-0.39, 0.29) is 5.56 Å². The highest BCUT2D eigenvalue weighted by atomic mass is 19.1. The van der Waals surface area contributed by atoms with Crippen molar-refractivity contribution in [3.63, 3.8) is 0 Å². The average Bonchev–Trinajstić information content (AvgIpc) is 2.46. The molecule has 0 aliphatic rings. The number of hydrogen-bond acceptors (Lipinski definition) is 2. The van der Waals surface area contributed by atoms with Gasteiger partial charge >= 0.3 is 0 Å². The molecular weight excluding hydrogens is 262 g/mol. The minimum absolute atomic E-state index is 0.144. The summed E-state index contributed by atoms with van der Waals surface area (Å²) in [7, 11) is 0. The first-order valence-electron chi connectivity index (χ1n) is 5.82. The lowest BCUT2D eigenvalue weighted by atomic mass is 10.1. The molecule has 2 rings (SSSR count). The fraction of sp³-hybridized carbons (Fsp3) is 0.0667. The quantitative estimate of drug-likeness (QED) is 0.933. The van der Waals surface area contributed by atoms with Crippen molar-refractivity contribution in [3.8, 4) is 6.07 Å². The number of halogens is 2. The summed E-state index contributed by atoms with van der Waals surface area (Å²) < 4.78 is 26.3. The van der Waals surface area contributed by atoms with E-state index < -0.39 is 23.6 Å². The summed E-state index contributed by atoms with van der Waals surface area (Å²) in [6.45, 7) is 0. The van der Waals surface area contributed by atoms with E-state index in [1.807, 2.05) is 6.07 Å². The molecule has 0 aromatic heterocycles. The Bertz CT molecular complexity index is 662. The SMILES string of the molecule is N#C[C@H](NC(=O)c1ccccc1F)c1ccc(F)cc1. The van der Waals surface area contributed by atoms with Crippen LogP contribution in [0.15, 0.2) is 48.5 Å². The number of rotatable bonds is 3. The lowest BCUT2D eigenvalue weighted by Crippen LogP contribution is -2.28. The third kappa shape index (κ3) is 2.98. The van der Waals surface area contributed by atoms with Crippen molar-refractivity contribution in [2.45, 2.75) is 6.04 Å². The number of carbonyl (C=O) groups excluding carboxylic acids is 1. The second kappa shape index (κ2) is 5.93. The molecule has 3 nitrogen and oxygen atoms in total. The molecule has 0 spiro atoms. The Kier molecular flexibility index (Phi) is 4.06. The van der Waals surface area contributed by atoms with Crippen LogP contribution in [-0.2, 0) is 0 Å². The number of nitrogens with zero attached hydrogens (tertiary/aromatic N) is 1. The maximum absolute atomic E-state index is 13.5. The number of carbonyl (C=O) groups is 1. The predicted octanol–water partition coefficient (Wildman–Crippen LogP) is 2.96. The third-order valence-electron chi connectivity index (χ3n) is 2.73. The van der Waals surface area contributed by atoms with Gasteiger partial charge in [-0.05, 0) is 29.8 Å². The van der Waals surface area contributed by atoms with Crippen LogP contribution in [0.5, 0.6) is 0 Å². The Morgan fingerprint density at radius 3 is 2.35 bits per heavy atom. The topological polar surface area (TPSA) is 52.9 Å². The molecule has 2 aromatic rings. The van der Waals surface area contributed by atoms with Crippen LogP contribution in [0, 0.1) is 23.0 Å². The number of hydrogen-bond donors (Lipinski definition) is 1. The van der Waals surface area contributed by atoms with Crippen molar-refractivity contribution in [3.05, 3.63) is 71.3 Å². The molecule has 0 radical (unpaired) electrons. The monoisotopic (exact) mass is 272 g/mol. The molecule has 1 N–H and O–H groups in total. The van der Waals surface area contributed by atoms with Gasteiger partial charge in [-0.1, -0.05) is 24.3 Å². The molecule has 0 heterocycles. The van der Waals surface area contributed by atoms with Crippen LogP contribution in [-0.4, -0.2) is 5.91 Å². The summed E-state index contributed by atoms with van der Waals surface area (Å²) in [5.41, 5.74) is 0.286. The molecule has 1 amide bonds. The Balaban J connectivity index is 2.19. The van der Waals surface area contributed by atoms with Gasteiger partial charge in [-0.15, -0.1) is 0 Å². The van der Waals surface area contributed by atoms with Gasteiger partial charge < -0.3 is 5.32 Å². The number of nitrogens with one attached hydrogen (secondary N) is 1. The number of amides is 1. The van der Waals surface area contributed by atoms with Crippen molar-refractivity contribution in [1.82, 2.24) is 5.32 Å².